The summed E-state index contributed by atoms with van der Waals surface area (Å²) in [6, 6.07) is 20.6. The molecule has 3 atom stereocenters. The fraction of sp³-hybridized carbons (Fsp3) is 0.517. The number of benzene rings is 2. The number of carbonyl (C=O) groups is 2. The van der Waals surface area contributed by atoms with Crippen molar-refractivity contribution in [3.63, 3.8) is 0 Å². The summed E-state index contributed by atoms with van der Waals surface area (Å²) in [7, 11) is 0. The molecule has 3 fully saturated rings. The summed E-state index contributed by atoms with van der Waals surface area (Å²) in [6.45, 7) is 4.05. The first-order valence-electron chi connectivity index (χ1n) is 13.3. The van der Waals surface area contributed by atoms with Crippen LogP contribution in [0.15, 0.2) is 60.7 Å². The largest absolute Gasteiger partial charge is 0.353 e. The van der Waals surface area contributed by atoms with Crippen molar-refractivity contribution >= 4 is 11.8 Å². The average molecular weight is 475 g/mol. The van der Waals surface area contributed by atoms with E-state index < -0.39 is 0 Å². The summed E-state index contributed by atoms with van der Waals surface area (Å²) >= 11 is 0. The monoisotopic (exact) mass is 474 g/mol. The van der Waals surface area contributed by atoms with Gasteiger partial charge in [0.1, 0.15) is 0 Å². The maximum absolute atomic E-state index is 13.3. The Hall–Kier alpha value is -2.70. The second kappa shape index (κ2) is 11.4. The van der Waals surface area contributed by atoms with Gasteiger partial charge in [-0.05, 0) is 68.7 Å². The molecule has 0 aromatic heterocycles. The van der Waals surface area contributed by atoms with Crippen molar-refractivity contribution in [3.8, 4) is 0 Å². The maximum Gasteiger partial charge on any atom is 0.237 e. The van der Waals surface area contributed by atoms with Crippen molar-refractivity contribution < 1.29 is 9.59 Å². The van der Waals surface area contributed by atoms with E-state index in [0.717, 1.165) is 64.7 Å². The smallest absolute Gasteiger partial charge is 0.237 e. The second-order valence-corrected chi connectivity index (χ2v) is 10.4. The van der Waals surface area contributed by atoms with E-state index in [0.29, 0.717) is 12.5 Å². The van der Waals surface area contributed by atoms with Gasteiger partial charge in [-0.25, -0.2) is 0 Å². The Kier molecular flexibility index (Phi) is 7.79. The molecule has 2 aromatic rings. The fourth-order valence-electron chi connectivity index (χ4n) is 5.70. The molecule has 0 spiro atoms. The number of likely N-dealkylation sites (tertiary alicyclic amines) is 2. The summed E-state index contributed by atoms with van der Waals surface area (Å²) in [5.74, 6) is 0.702. The van der Waals surface area contributed by atoms with Crippen LogP contribution in [0.2, 0.25) is 0 Å². The van der Waals surface area contributed by atoms with Gasteiger partial charge in [0.25, 0.3) is 0 Å². The molecule has 0 radical (unpaired) electrons. The summed E-state index contributed by atoms with van der Waals surface area (Å²) in [4.78, 5) is 31.0. The second-order valence-electron chi connectivity index (χ2n) is 10.4. The van der Waals surface area contributed by atoms with Gasteiger partial charge in [-0.3, -0.25) is 19.4 Å². The number of hydrogen-bond donors (Lipinski definition) is 2. The van der Waals surface area contributed by atoms with Gasteiger partial charge < -0.3 is 10.6 Å². The summed E-state index contributed by atoms with van der Waals surface area (Å²) in [5.41, 5.74) is 2.49. The molecular formula is C29H38N4O2. The van der Waals surface area contributed by atoms with Gasteiger partial charge in [-0.1, -0.05) is 60.7 Å². The Morgan fingerprint density at radius 3 is 1.77 bits per heavy atom. The lowest BCUT2D eigenvalue weighted by Gasteiger charge is -2.28. The molecule has 2 aromatic carbocycles. The number of nitrogens with zero attached hydrogens (tertiary/aromatic N) is 2. The molecule has 2 heterocycles. The normalized spacial score (nSPS) is 23.8. The highest BCUT2D eigenvalue weighted by molar-refractivity contribution is 5.83. The van der Waals surface area contributed by atoms with Gasteiger partial charge in [0, 0.05) is 25.7 Å². The zero-order valence-electron chi connectivity index (χ0n) is 20.6. The highest BCUT2D eigenvalue weighted by Gasteiger charge is 2.37. The highest BCUT2D eigenvalue weighted by Crippen LogP contribution is 2.33. The van der Waals surface area contributed by atoms with Crippen molar-refractivity contribution in [3.05, 3.63) is 71.8 Å². The summed E-state index contributed by atoms with van der Waals surface area (Å²) < 4.78 is 0. The van der Waals surface area contributed by atoms with Crippen molar-refractivity contribution in [2.45, 2.75) is 69.7 Å². The quantitative estimate of drug-likeness (QED) is 0.555. The Labute approximate surface area is 209 Å². The van der Waals surface area contributed by atoms with E-state index in [1.807, 2.05) is 12.1 Å². The van der Waals surface area contributed by atoms with Crippen molar-refractivity contribution in [2.24, 2.45) is 5.92 Å². The molecule has 1 aliphatic carbocycles. The van der Waals surface area contributed by atoms with Crippen LogP contribution in [0.4, 0.5) is 0 Å². The third-order valence-electron chi connectivity index (χ3n) is 7.80. The number of carbonyl (C=O) groups excluding carboxylic acids is 2. The standard InChI is InChI=1S/C29H38N4O2/c34-28(26-13-7-17-32(26)20-22-9-3-1-4-10-22)30-19-25(24-15-16-24)31-29(35)27-14-8-18-33(27)21-23-11-5-2-6-12-23/h1-6,9-12,24-27H,7-8,13-21H2,(H,30,34)(H,31,35). The lowest BCUT2D eigenvalue weighted by molar-refractivity contribution is -0.128. The number of rotatable bonds is 10. The molecule has 2 aliphatic heterocycles. The lowest BCUT2D eigenvalue weighted by Crippen LogP contribution is -2.52. The van der Waals surface area contributed by atoms with E-state index in [9.17, 15) is 9.59 Å². The molecule has 0 bridgehead atoms. The molecule has 1 saturated carbocycles. The molecular weight excluding hydrogens is 436 g/mol. The van der Waals surface area contributed by atoms with Crippen LogP contribution < -0.4 is 10.6 Å². The van der Waals surface area contributed by atoms with E-state index in [2.05, 4.69) is 69.0 Å². The van der Waals surface area contributed by atoms with Crippen LogP contribution in [0.1, 0.15) is 49.7 Å². The maximum atomic E-state index is 13.3. The highest BCUT2D eigenvalue weighted by atomic mass is 16.2. The van der Waals surface area contributed by atoms with Crippen LogP contribution in [0.5, 0.6) is 0 Å². The van der Waals surface area contributed by atoms with E-state index in [-0.39, 0.29) is 29.9 Å². The fourth-order valence-corrected chi connectivity index (χ4v) is 5.70. The Morgan fingerprint density at radius 2 is 1.26 bits per heavy atom. The van der Waals surface area contributed by atoms with Crippen LogP contribution in [0.3, 0.4) is 0 Å². The molecule has 3 aliphatic rings. The molecule has 2 saturated heterocycles. The minimum Gasteiger partial charge on any atom is -0.353 e. The number of nitrogens with one attached hydrogen (secondary N) is 2. The summed E-state index contributed by atoms with van der Waals surface area (Å²) in [6.07, 6.45) is 6.15. The number of hydrogen-bond acceptors (Lipinski definition) is 4. The zero-order valence-corrected chi connectivity index (χ0v) is 20.6. The van der Waals surface area contributed by atoms with Gasteiger partial charge >= 0.3 is 0 Å². The van der Waals surface area contributed by atoms with E-state index >= 15 is 0 Å². The van der Waals surface area contributed by atoms with Crippen LogP contribution in [0, 0.1) is 5.92 Å². The first-order valence-corrected chi connectivity index (χ1v) is 13.3. The third kappa shape index (κ3) is 6.30. The minimum absolute atomic E-state index is 0.0228. The first-order chi connectivity index (χ1) is 17.2. The van der Waals surface area contributed by atoms with E-state index in [4.69, 9.17) is 0 Å². The molecule has 6 heteroatoms. The van der Waals surface area contributed by atoms with Crippen LogP contribution >= 0.6 is 0 Å². The van der Waals surface area contributed by atoms with Gasteiger partial charge in [0.15, 0.2) is 0 Å². The van der Waals surface area contributed by atoms with E-state index in [1.165, 1.54) is 11.1 Å². The molecule has 6 nitrogen and oxygen atoms in total. The minimum atomic E-state index is -0.0815. The van der Waals surface area contributed by atoms with Crippen LogP contribution in [-0.2, 0) is 22.7 Å². The Bertz CT molecular complexity index is 979. The van der Waals surface area contributed by atoms with Gasteiger partial charge in [0.05, 0.1) is 12.1 Å². The molecule has 2 N–H and O–H groups in total. The van der Waals surface area contributed by atoms with Gasteiger partial charge in [-0.15, -0.1) is 0 Å². The predicted molar refractivity (Wildman–Crippen MR) is 137 cm³/mol. The van der Waals surface area contributed by atoms with Crippen LogP contribution in [0.25, 0.3) is 0 Å². The summed E-state index contributed by atoms with van der Waals surface area (Å²) in [5, 5.41) is 6.52. The van der Waals surface area contributed by atoms with Crippen LogP contribution in [-0.4, -0.2) is 59.4 Å². The number of amides is 2. The molecule has 35 heavy (non-hydrogen) atoms. The SMILES string of the molecule is O=C(NCC(NC(=O)C1CCCN1Cc1ccccc1)C1CC1)C1CCCN1Cc1ccccc1. The van der Waals surface area contributed by atoms with Crippen molar-refractivity contribution in [1.82, 2.24) is 20.4 Å². The average Bonchev–Trinajstić information content (AvgIpc) is 3.45. The zero-order chi connectivity index (χ0) is 24.0. The van der Waals surface area contributed by atoms with Gasteiger partial charge in [0.2, 0.25) is 11.8 Å². The van der Waals surface area contributed by atoms with Gasteiger partial charge in [-0.2, -0.15) is 0 Å². The Balaban J connectivity index is 1.14. The molecule has 3 unspecified atom stereocenters. The first kappa shape index (κ1) is 24.0. The third-order valence-corrected chi connectivity index (χ3v) is 7.80. The van der Waals surface area contributed by atoms with E-state index in [1.54, 1.807) is 0 Å². The molecule has 2 amide bonds. The van der Waals surface area contributed by atoms with Crippen molar-refractivity contribution in [2.75, 3.05) is 19.6 Å². The molecule has 186 valence electrons. The predicted octanol–water partition coefficient (Wildman–Crippen LogP) is 3.33. The molecule has 5 rings (SSSR count). The topological polar surface area (TPSA) is 64.7 Å². The Morgan fingerprint density at radius 1 is 0.743 bits per heavy atom. The lowest BCUT2D eigenvalue weighted by atomic mass is 10.1. The van der Waals surface area contributed by atoms with Crippen molar-refractivity contribution in [1.29, 1.82) is 0 Å².